The van der Waals surface area contributed by atoms with E-state index in [1.165, 1.54) is 0 Å². The minimum Gasteiger partial charge on any atom is -0.489 e. The van der Waals surface area contributed by atoms with Crippen LogP contribution in [0, 0.1) is 11.5 Å². The summed E-state index contributed by atoms with van der Waals surface area (Å²) in [7, 11) is 0. The topological polar surface area (TPSA) is 59.8 Å². The summed E-state index contributed by atoms with van der Waals surface area (Å²) in [5.74, 6) is 0.637. The summed E-state index contributed by atoms with van der Waals surface area (Å²) in [6, 6.07) is 5.24. The lowest BCUT2D eigenvalue weighted by Crippen LogP contribution is -2.53. The van der Waals surface area contributed by atoms with E-state index in [-0.39, 0.29) is 6.03 Å². The molecule has 1 saturated heterocycles. The van der Waals surface area contributed by atoms with Crippen LogP contribution in [-0.2, 0) is 0 Å². The number of hydrogen-bond acceptors (Lipinski definition) is 4. The van der Waals surface area contributed by atoms with Crippen molar-refractivity contribution in [2.24, 2.45) is 0 Å². The molecule has 0 aromatic heterocycles. The van der Waals surface area contributed by atoms with Gasteiger partial charge in [0.25, 0.3) is 0 Å². The van der Waals surface area contributed by atoms with Gasteiger partial charge in [-0.1, -0.05) is 11.6 Å². The van der Waals surface area contributed by atoms with E-state index >= 15 is 0 Å². The summed E-state index contributed by atoms with van der Waals surface area (Å²) in [5.41, 5.74) is 0.748. The highest BCUT2D eigenvalue weighted by Gasteiger charge is 2.29. The SMILES string of the molecule is N#CN1CCN(C(=O)N2CCOc3cc(Cl)ccc32)CC1. The zero-order valence-corrected chi connectivity index (χ0v) is 12.2. The van der Waals surface area contributed by atoms with Crippen LogP contribution in [0.4, 0.5) is 10.5 Å². The van der Waals surface area contributed by atoms with Crippen LogP contribution in [0.5, 0.6) is 5.75 Å². The molecule has 0 atom stereocenters. The first kappa shape index (κ1) is 13.8. The third-order valence-corrected chi connectivity index (χ3v) is 3.94. The number of benzene rings is 1. The minimum absolute atomic E-state index is 0.0422. The van der Waals surface area contributed by atoms with Crippen molar-refractivity contribution in [2.75, 3.05) is 44.2 Å². The van der Waals surface area contributed by atoms with E-state index in [0.29, 0.717) is 50.1 Å². The molecule has 0 radical (unpaired) electrons. The van der Waals surface area contributed by atoms with Gasteiger partial charge in [-0.2, -0.15) is 5.26 Å². The highest BCUT2D eigenvalue weighted by molar-refractivity contribution is 6.30. The highest BCUT2D eigenvalue weighted by atomic mass is 35.5. The summed E-state index contributed by atoms with van der Waals surface area (Å²) >= 11 is 5.95. The molecule has 0 unspecified atom stereocenters. The second kappa shape index (κ2) is 5.70. The fourth-order valence-electron chi connectivity index (χ4n) is 2.56. The second-order valence-corrected chi connectivity index (χ2v) is 5.41. The van der Waals surface area contributed by atoms with E-state index in [0.717, 1.165) is 5.69 Å². The van der Waals surface area contributed by atoms with Crippen molar-refractivity contribution in [3.8, 4) is 11.9 Å². The van der Waals surface area contributed by atoms with E-state index in [1.807, 2.05) is 0 Å². The lowest BCUT2D eigenvalue weighted by Gasteiger charge is -2.37. The number of rotatable bonds is 0. The van der Waals surface area contributed by atoms with Gasteiger partial charge < -0.3 is 14.5 Å². The van der Waals surface area contributed by atoms with Gasteiger partial charge in [0.2, 0.25) is 0 Å². The molecule has 2 aliphatic heterocycles. The minimum atomic E-state index is -0.0422. The molecule has 1 aromatic carbocycles. The van der Waals surface area contributed by atoms with Crippen LogP contribution in [0.3, 0.4) is 0 Å². The molecule has 2 heterocycles. The van der Waals surface area contributed by atoms with Gasteiger partial charge in [0, 0.05) is 37.3 Å². The quantitative estimate of drug-likeness (QED) is 0.685. The van der Waals surface area contributed by atoms with E-state index in [2.05, 4.69) is 6.19 Å². The maximum atomic E-state index is 12.7. The number of nitriles is 1. The Labute approximate surface area is 128 Å². The molecule has 0 saturated carbocycles. The summed E-state index contributed by atoms with van der Waals surface area (Å²) in [6.07, 6.45) is 2.11. The van der Waals surface area contributed by atoms with E-state index < -0.39 is 0 Å². The fraction of sp³-hybridized carbons (Fsp3) is 0.429. The first-order valence-electron chi connectivity index (χ1n) is 6.82. The number of nitrogens with zero attached hydrogens (tertiary/aromatic N) is 4. The predicted molar refractivity (Wildman–Crippen MR) is 78.4 cm³/mol. The third kappa shape index (κ3) is 2.69. The molecule has 6 nitrogen and oxygen atoms in total. The van der Waals surface area contributed by atoms with E-state index in [4.69, 9.17) is 21.6 Å². The Morgan fingerprint density at radius 3 is 2.71 bits per heavy atom. The average molecular weight is 307 g/mol. The maximum Gasteiger partial charge on any atom is 0.324 e. The lowest BCUT2D eigenvalue weighted by atomic mass is 10.2. The molecule has 0 aliphatic carbocycles. The number of carbonyl (C=O) groups excluding carboxylic acids is 1. The van der Waals surface area contributed by atoms with E-state index in [1.54, 1.807) is 32.9 Å². The van der Waals surface area contributed by atoms with Gasteiger partial charge in [-0.25, -0.2) is 4.79 Å². The Balaban J connectivity index is 1.76. The summed E-state index contributed by atoms with van der Waals surface area (Å²) < 4.78 is 5.56. The van der Waals surface area contributed by atoms with Crippen LogP contribution in [0.15, 0.2) is 18.2 Å². The Kier molecular flexibility index (Phi) is 3.76. The molecule has 3 rings (SSSR count). The molecule has 21 heavy (non-hydrogen) atoms. The molecule has 0 bridgehead atoms. The normalized spacial score (nSPS) is 17.8. The van der Waals surface area contributed by atoms with Crippen molar-refractivity contribution in [3.05, 3.63) is 23.2 Å². The Morgan fingerprint density at radius 1 is 1.24 bits per heavy atom. The van der Waals surface area contributed by atoms with Gasteiger partial charge in [0.1, 0.15) is 12.4 Å². The van der Waals surface area contributed by atoms with Crippen LogP contribution in [-0.4, -0.2) is 55.2 Å². The van der Waals surface area contributed by atoms with Gasteiger partial charge in [-0.05, 0) is 12.1 Å². The van der Waals surface area contributed by atoms with Crippen molar-refractivity contribution >= 4 is 23.3 Å². The molecule has 1 fully saturated rings. The molecule has 0 spiro atoms. The Bertz CT molecular complexity index is 593. The summed E-state index contributed by atoms with van der Waals surface area (Å²) in [5, 5.41) is 9.44. The van der Waals surface area contributed by atoms with Crippen LogP contribution in [0.25, 0.3) is 0 Å². The number of carbonyl (C=O) groups is 1. The first-order chi connectivity index (χ1) is 10.2. The lowest BCUT2D eigenvalue weighted by molar-refractivity contribution is 0.168. The van der Waals surface area contributed by atoms with Crippen molar-refractivity contribution in [1.82, 2.24) is 9.80 Å². The third-order valence-electron chi connectivity index (χ3n) is 3.71. The number of hydrogen-bond donors (Lipinski definition) is 0. The first-order valence-corrected chi connectivity index (χ1v) is 7.20. The molecular weight excluding hydrogens is 292 g/mol. The zero-order valence-electron chi connectivity index (χ0n) is 11.5. The second-order valence-electron chi connectivity index (χ2n) is 4.97. The number of halogens is 1. The van der Waals surface area contributed by atoms with Gasteiger partial charge in [-0.3, -0.25) is 4.90 Å². The van der Waals surface area contributed by atoms with Gasteiger partial charge >= 0.3 is 6.03 Å². The van der Waals surface area contributed by atoms with Crippen LogP contribution < -0.4 is 9.64 Å². The number of amides is 2. The van der Waals surface area contributed by atoms with Crippen molar-refractivity contribution in [3.63, 3.8) is 0 Å². The van der Waals surface area contributed by atoms with E-state index in [9.17, 15) is 4.79 Å². The average Bonchev–Trinajstić information content (AvgIpc) is 2.53. The van der Waals surface area contributed by atoms with Gasteiger partial charge in [0.15, 0.2) is 6.19 Å². The molecule has 2 amide bonds. The van der Waals surface area contributed by atoms with Gasteiger partial charge in [0.05, 0.1) is 12.2 Å². The number of ether oxygens (including phenoxy) is 1. The van der Waals surface area contributed by atoms with Crippen molar-refractivity contribution in [2.45, 2.75) is 0 Å². The standard InChI is InChI=1S/C14H15ClN4O2/c15-11-1-2-12-13(9-11)21-8-7-19(12)14(20)18-5-3-17(10-16)4-6-18/h1-2,9H,3-8H2. The monoisotopic (exact) mass is 306 g/mol. The van der Waals surface area contributed by atoms with Crippen LogP contribution >= 0.6 is 11.6 Å². The van der Waals surface area contributed by atoms with Crippen molar-refractivity contribution in [1.29, 1.82) is 5.26 Å². The smallest absolute Gasteiger partial charge is 0.324 e. The predicted octanol–water partition coefficient (Wildman–Crippen LogP) is 1.76. The van der Waals surface area contributed by atoms with Crippen LogP contribution in [0.2, 0.25) is 5.02 Å². The molecule has 110 valence electrons. The number of fused-ring (bicyclic) bond motifs is 1. The van der Waals surface area contributed by atoms with Crippen molar-refractivity contribution < 1.29 is 9.53 Å². The Morgan fingerprint density at radius 2 is 2.00 bits per heavy atom. The number of piperazine rings is 1. The maximum absolute atomic E-state index is 12.7. The number of anilines is 1. The van der Waals surface area contributed by atoms with Crippen LogP contribution in [0.1, 0.15) is 0 Å². The molecule has 7 heteroatoms. The zero-order chi connectivity index (χ0) is 14.8. The number of urea groups is 1. The molecule has 0 N–H and O–H groups in total. The Hall–Kier alpha value is -2.13. The fourth-order valence-corrected chi connectivity index (χ4v) is 2.72. The molecule has 2 aliphatic rings. The molecular formula is C14H15ClN4O2. The van der Waals surface area contributed by atoms with Gasteiger partial charge in [-0.15, -0.1) is 0 Å². The summed E-state index contributed by atoms with van der Waals surface area (Å²) in [6.45, 7) is 3.27. The molecule has 1 aromatic rings. The highest BCUT2D eigenvalue weighted by Crippen LogP contribution is 2.34. The summed E-state index contributed by atoms with van der Waals surface area (Å²) in [4.78, 5) is 17.8. The largest absolute Gasteiger partial charge is 0.489 e.